The van der Waals surface area contributed by atoms with E-state index in [4.69, 9.17) is 14.2 Å². The molecule has 2 aliphatic rings. The number of hydrogen-bond acceptors (Lipinski definition) is 7. The summed E-state index contributed by atoms with van der Waals surface area (Å²) in [6.07, 6.45) is 0.685. The second-order valence-electron chi connectivity index (χ2n) is 6.35. The molecule has 1 aromatic rings. The van der Waals surface area contributed by atoms with E-state index in [2.05, 4.69) is 4.99 Å². The smallest absolute Gasteiger partial charge is 0.338 e. The molecule has 0 N–H and O–H groups in total. The van der Waals surface area contributed by atoms with Crippen LogP contribution in [0.25, 0.3) is 0 Å². The maximum atomic E-state index is 13.0. The van der Waals surface area contributed by atoms with Crippen molar-refractivity contribution in [1.29, 1.82) is 0 Å². The van der Waals surface area contributed by atoms with E-state index in [1.165, 1.54) is 18.9 Å². The zero-order valence-electron chi connectivity index (χ0n) is 16.6. The van der Waals surface area contributed by atoms with Gasteiger partial charge in [-0.2, -0.15) is 0 Å². The fraction of sp³-hybridized carbons (Fsp3) is 0.450. The van der Waals surface area contributed by atoms with Crippen LogP contribution < -0.4 is 9.47 Å². The summed E-state index contributed by atoms with van der Waals surface area (Å²) < 4.78 is 16.1. The van der Waals surface area contributed by atoms with E-state index in [0.717, 1.165) is 5.56 Å². The molecule has 0 saturated carbocycles. The summed E-state index contributed by atoms with van der Waals surface area (Å²) in [6.45, 7) is 6.12. The lowest BCUT2D eigenvalue weighted by molar-refractivity contribution is -0.137. The summed E-state index contributed by atoms with van der Waals surface area (Å²) in [4.78, 5) is 31.7. The van der Waals surface area contributed by atoms with Gasteiger partial charge in [0, 0.05) is 0 Å². The number of amides is 1. The monoisotopic (exact) mass is 404 g/mol. The minimum absolute atomic E-state index is 0.0574. The predicted molar refractivity (Wildman–Crippen MR) is 108 cm³/mol. The Morgan fingerprint density at radius 1 is 1.25 bits per heavy atom. The SMILES string of the molecule is CCOc1ccc([C@H]2C(C(=O)OC)=C(C)N=C3S[C@H](CC)C(=O)N32)cc1OC. The first-order chi connectivity index (χ1) is 13.5. The number of carbonyl (C=O) groups is 2. The van der Waals surface area contributed by atoms with Gasteiger partial charge in [-0.25, -0.2) is 9.79 Å². The van der Waals surface area contributed by atoms with Crippen LogP contribution in [0, 0.1) is 0 Å². The summed E-state index contributed by atoms with van der Waals surface area (Å²) in [6, 6.07) is 4.81. The lowest BCUT2D eigenvalue weighted by Gasteiger charge is -2.33. The van der Waals surface area contributed by atoms with Crippen molar-refractivity contribution in [3.63, 3.8) is 0 Å². The molecule has 2 heterocycles. The number of rotatable bonds is 6. The number of benzene rings is 1. The zero-order chi connectivity index (χ0) is 20.4. The van der Waals surface area contributed by atoms with Crippen LogP contribution in [0.5, 0.6) is 11.5 Å². The average Bonchev–Trinajstić information content (AvgIpc) is 3.02. The molecule has 3 rings (SSSR count). The summed E-state index contributed by atoms with van der Waals surface area (Å²) >= 11 is 1.43. The van der Waals surface area contributed by atoms with Crippen molar-refractivity contribution in [2.24, 2.45) is 4.99 Å². The number of amidine groups is 1. The van der Waals surface area contributed by atoms with E-state index in [1.54, 1.807) is 31.1 Å². The number of fused-ring (bicyclic) bond motifs is 1. The second-order valence-corrected chi connectivity index (χ2v) is 7.52. The van der Waals surface area contributed by atoms with E-state index in [0.29, 0.717) is 41.0 Å². The number of ether oxygens (including phenoxy) is 3. The lowest BCUT2D eigenvalue weighted by Crippen LogP contribution is -2.40. The molecule has 0 aromatic heterocycles. The number of nitrogens with zero attached hydrogens (tertiary/aromatic N) is 2. The number of esters is 1. The summed E-state index contributed by atoms with van der Waals surface area (Å²) in [5.41, 5.74) is 1.63. The van der Waals surface area contributed by atoms with Crippen molar-refractivity contribution < 1.29 is 23.8 Å². The third-order valence-corrected chi connectivity index (χ3v) is 6.05. The quantitative estimate of drug-likeness (QED) is 0.677. The van der Waals surface area contributed by atoms with Crippen LogP contribution in [0.15, 0.2) is 34.5 Å². The fourth-order valence-corrected chi connectivity index (χ4v) is 4.54. The van der Waals surface area contributed by atoms with E-state index in [1.807, 2.05) is 19.9 Å². The normalized spacial score (nSPS) is 21.4. The van der Waals surface area contributed by atoms with Gasteiger partial charge in [0.2, 0.25) is 5.91 Å². The van der Waals surface area contributed by atoms with E-state index in [9.17, 15) is 9.59 Å². The van der Waals surface area contributed by atoms with Crippen LogP contribution in [0.4, 0.5) is 0 Å². The van der Waals surface area contributed by atoms with Crippen molar-refractivity contribution in [1.82, 2.24) is 4.90 Å². The number of hydrogen-bond donors (Lipinski definition) is 0. The fourth-order valence-electron chi connectivity index (χ4n) is 3.40. The molecule has 8 heteroatoms. The Balaban J connectivity index is 2.15. The molecule has 1 aromatic carbocycles. The summed E-state index contributed by atoms with van der Waals surface area (Å²) in [7, 11) is 2.88. The molecule has 2 atom stereocenters. The third-order valence-electron chi connectivity index (χ3n) is 4.73. The Morgan fingerprint density at radius 3 is 2.61 bits per heavy atom. The Hall–Kier alpha value is -2.48. The van der Waals surface area contributed by atoms with Crippen LogP contribution in [-0.4, -0.2) is 48.0 Å². The largest absolute Gasteiger partial charge is 0.493 e. The molecule has 0 unspecified atom stereocenters. The highest BCUT2D eigenvalue weighted by atomic mass is 32.2. The van der Waals surface area contributed by atoms with Crippen molar-refractivity contribution in [3.05, 3.63) is 35.0 Å². The van der Waals surface area contributed by atoms with Crippen molar-refractivity contribution in [2.45, 2.75) is 38.5 Å². The summed E-state index contributed by atoms with van der Waals surface area (Å²) in [5, 5.41) is 0.399. The molecule has 150 valence electrons. The van der Waals surface area contributed by atoms with Gasteiger partial charge in [-0.05, 0) is 38.0 Å². The van der Waals surface area contributed by atoms with Crippen molar-refractivity contribution in [2.75, 3.05) is 20.8 Å². The van der Waals surface area contributed by atoms with E-state index in [-0.39, 0.29) is 11.2 Å². The molecule has 1 amide bonds. The van der Waals surface area contributed by atoms with E-state index >= 15 is 0 Å². The van der Waals surface area contributed by atoms with Gasteiger partial charge in [0.15, 0.2) is 16.7 Å². The molecule has 2 aliphatic heterocycles. The standard InChI is InChI=1S/C20H24N2O5S/c1-6-15-18(23)22-17(12-8-9-13(27-7-2)14(10-12)25-4)16(19(24)26-5)11(3)21-20(22)28-15/h8-10,15,17H,6-7H2,1-5H3/t15-,17+/m1/s1. The summed E-state index contributed by atoms with van der Waals surface area (Å²) in [5.74, 6) is 0.581. The van der Waals surface area contributed by atoms with Crippen molar-refractivity contribution in [3.8, 4) is 11.5 Å². The number of carbonyl (C=O) groups excluding carboxylic acids is 2. The van der Waals surface area contributed by atoms with Gasteiger partial charge in [0.25, 0.3) is 0 Å². The topological polar surface area (TPSA) is 77.4 Å². The first kappa shape index (κ1) is 20.3. The second kappa shape index (κ2) is 8.26. The highest BCUT2D eigenvalue weighted by molar-refractivity contribution is 8.15. The molecule has 7 nitrogen and oxygen atoms in total. The number of allylic oxidation sites excluding steroid dienone is 1. The molecule has 28 heavy (non-hydrogen) atoms. The molecule has 1 saturated heterocycles. The average molecular weight is 404 g/mol. The van der Waals surface area contributed by atoms with Crippen LogP contribution in [0.2, 0.25) is 0 Å². The molecule has 0 spiro atoms. The first-order valence-corrected chi connectivity index (χ1v) is 10.0. The van der Waals surface area contributed by atoms with Crippen LogP contribution in [0.1, 0.15) is 38.8 Å². The number of thioether (sulfide) groups is 1. The van der Waals surface area contributed by atoms with Crippen LogP contribution >= 0.6 is 11.8 Å². The molecule has 0 radical (unpaired) electrons. The van der Waals surface area contributed by atoms with Crippen LogP contribution in [-0.2, 0) is 14.3 Å². The van der Waals surface area contributed by atoms with Gasteiger partial charge < -0.3 is 14.2 Å². The van der Waals surface area contributed by atoms with Gasteiger partial charge in [-0.3, -0.25) is 9.69 Å². The van der Waals surface area contributed by atoms with Crippen LogP contribution in [0.3, 0.4) is 0 Å². The lowest BCUT2D eigenvalue weighted by atomic mass is 9.94. The molecular formula is C20H24N2O5S. The van der Waals surface area contributed by atoms with Gasteiger partial charge in [0.05, 0.1) is 43.4 Å². The highest BCUT2D eigenvalue weighted by Gasteiger charge is 2.47. The maximum absolute atomic E-state index is 13.0. The molecule has 1 fully saturated rings. The molecule has 0 bridgehead atoms. The Kier molecular flexibility index (Phi) is 5.98. The zero-order valence-corrected chi connectivity index (χ0v) is 17.5. The Labute approximate surface area is 168 Å². The minimum atomic E-state index is -0.624. The maximum Gasteiger partial charge on any atom is 0.338 e. The first-order valence-electron chi connectivity index (χ1n) is 9.14. The van der Waals surface area contributed by atoms with Gasteiger partial charge in [0.1, 0.15) is 0 Å². The minimum Gasteiger partial charge on any atom is -0.493 e. The van der Waals surface area contributed by atoms with Gasteiger partial charge in [-0.1, -0.05) is 24.8 Å². The number of aliphatic imine (C=N–C) groups is 1. The predicted octanol–water partition coefficient (Wildman–Crippen LogP) is 3.31. The van der Waals surface area contributed by atoms with E-state index < -0.39 is 12.0 Å². The number of methoxy groups -OCH3 is 2. The molecule has 0 aliphatic carbocycles. The highest BCUT2D eigenvalue weighted by Crippen LogP contribution is 2.45. The Bertz CT molecular complexity index is 864. The Morgan fingerprint density at radius 2 is 2.00 bits per heavy atom. The third kappa shape index (κ3) is 3.37. The van der Waals surface area contributed by atoms with Gasteiger partial charge in [-0.15, -0.1) is 0 Å². The van der Waals surface area contributed by atoms with Gasteiger partial charge >= 0.3 is 5.97 Å². The molecular weight excluding hydrogens is 380 g/mol. The van der Waals surface area contributed by atoms with Crippen molar-refractivity contribution >= 4 is 28.8 Å².